The molecule has 0 spiro atoms. The summed E-state index contributed by atoms with van der Waals surface area (Å²) >= 11 is 0. The fraction of sp³-hybridized carbons (Fsp3) is 0.346. The molecule has 2 aromatic heterocycles. The number of nitrogens with two attached hydrogens (primary N) is 1. The molecule has 2 heterocycles. The first-order valence-electron chi connectivity index (χ1n) is 11.4. The molecule has 0 unspecified atom stereocenters. The molecule has 2 aromatic carbocycles. The molecule has 0 amide bonds. The highest BCUT2D eigenvalue weighted by Gasteiger charge is 2.30. The van der Waals surface area contributed by atoms with Gasteiger partial charge in [0.25, 0.3) is 0 Å². The molecule has 1 atom stereocenters. The Kier molecular flexibility index (Phi) is 5.70. The predicted octanol–water partition coefficient (Wildman–Crippen LogP) is 5.76. The summed E-state index contributed by atoms with van der Waals surface area (Å²) in [6.07, 6.45) is 6.05. The zero-order valence-electron chi connectivity index (χ0n) is 18.9. The fourth-order valence-corrected chi connectivity index (χ4v) is 5.26. The van der Waals surface area contributed by atoms with E-state index in [4.69, 9.17) is 10.5 Å². The topological polar surface area (TPSA) is 78.9 Å². The third-order valence-corrected chi connectivity index (χ3v) is 7.11. The molecule has 33 heavy (non-hydrogen) atoms. The number of nitrogens with zero attached hydrogens (tertiary/aromatic N) is 4. The van der Waals surface area contributed by atoms with E-state index in [1.54, 1.807) is 19.2 Å². The Hall–Kier alpha value is -3.48. The van der Waals surface area contributed by atoms with E-state index < -0.39 is 0 Å². The molecule has 1 fully saturated rings. The molecule has 1 aliphatic rings. The summed E-state index contributed by atoms with van der Waals surface area (Å²) in [5.41, 5.74) is 9.28. The smallest absolute Gasteiger partial charge is 0.222 e. The van der Waals surface area contributed by atoms with E-state index in [1.165, 1.54) is 11.6 Å². The zero-order chi connectivity index (χ0) is 22.9. The van der Waals surface area contributed by atoms with Crippen molar-refractivity contribution >= 4 is 16.9 Å². The standard InChI is InChI=1S/C26H28FN5O/c1-16(32-25(30-31-26(32)28)19-7-10-21(33-2)11-8-19)17-3-5-18(6-4-17)22-13-14-29-24-12-9-20(27)15-23(22)24/h7-18H,3-6H2,1-2H3,(H2,28,31)/t16-,17?,18?/m1/s1. The van der Waals surface area contributed by atoms with Crippen LogP contribution in [0.4, 0.5) is 10.3 Å². The van der Waals surface area contributed by atoms with Gasteiger partial charge in [-0.1, -0.05) is 0 Å². The van der Waals surface area contributed by atoms with Crippen molar-refractivity contribution in [1.82, 2.24) is 19.7 Å². The largest absolute Gasteiger partial charge is 0.497 e. The van der Waals surface area contributed by atoms with Crippen molar-refractivity contribution in [3.05, 3.63) is 66.1 Å². The Labute approximate surface area is 192 Å². The number of anilines is 1. The summed E-state index contributed by atoms with van der Waals surface area (Å²) in [7, 11) is 1.65. The van der Waals surface area contributed by atoms with Gasteiger partial charge in [0, 0.05) is 23.2 Å². The number of hydrogen-bond donors (Lipinski definition) is 1. The molecule has 1 aliphatic carbocycles. The van der Waals surface area contributed by atoms with Gasteiger partial charge < -0.3 is 10.5 Å². The summed E-state index contributed by atoms with van der Waals surface area (Å²) in [5, 5.41) is 9.47. The maximum absolute atomic E-state index is 13.9. The van der Waals surface area contributed by atoms with Crippen LogP contribution >= 0.6 is 0 Å². The third-order valence-electron chi connectivity index (χ3n) is 7.11. The van der Waals surface area contributed by atoms with Crippen LogP contribution in [0.2, 0.25) is 0 Å². The molecular formula is C26H28FN5O. The summed E-state index contributed by atoms with van der Waals surface area (Å²) in [4.78, 5) is 4.41. The third kappa shape index (κ3) is 4.03. The number of methoxy groups -OCH3 is 1. The van der Waals surface area contributed by atoms with Gasteiger partial charge >= 0.3 is 0 Å². The summed E-state index contributed by atoms with van der Waals surface area (Å²) in [6.45, 7) is 2.20. The van der Waals surface area contributed by atoms with E-state index in [-0.39, 0.29) is 11.9 Å². The van der Waals surface area contributed by atoms with E-state index in [1.807, 2.05) is 30.5 Å². The zero-order valence-corrected chi connectivity index (χ0v) is 18.9. The number of rotatable bonds is 5. The van der Waals surface area contributed by atoms with E-state index in [2.05, 4.69) is 32.7 Å². The summed E-state index contributed by atoms with van der Waals surface area (Å²) in [6, 6.07) is 14.9. The predicted molar refractivity (Wildman–Crippen MR) is 128 cm³/mol. The van der Waals surface area contributed by atoms with Gasteiger partial charge in [-0.25, -0.2) is 4.39 Å². The second kappa shape index (κ2) is 8.81. The maximum atomic E-state index is 13.9. The van der Waals surface area contributed by atoms with Crippen LogP contribution in [0.25, 0.3) is 22.3 Å². The number of hydrogen-bond acceptors (Lipinski definition) is 5. The molecule has 0 saturated heterocycles. The van der Waals surface area contributed by atoms with Crippen molar-refractivity contribution in [1.29, 1.82) is 0 Å². The van der Waals surface area contributed by atoms with Gasteiger partial charge in [0.15, 0.2) is 5.82 Å². The van der Waals surface area contributed by atoms with E-state index >= 15 is 0 Å². The van der Waals surface area contributed by atoms with Gasteiger partial charge in [-0.05, 0) is 98.5 Å². The fourth-order valence-electron chi connectivity index (χ4n) is 5.26. The van der Waals surface area contributed by atoms with Gasteiger partial charge in [-0.15, -0.1) is 10.2 Å². The maximum Gasteiger partial charge on any atom is 0.222 e. The average Bonchev–Trinajstić information content (AvgIpc) is 3.24. The minimum absolute atomic E-state index is 0.171. The van der Waals surface area contributed by atoms with Crippen LogP contribution < -0.4 is 10.5 Å². The molecule has 6 nitrogen and oxygen atoms in total. The molecule has 1 saturated carbocycles. The molecular weight excluding hydrogens is 417 g/mol. The highest BCUT2D eigenvalue weighted by atomic mass is 19.1. The van der Waals surface area contributed by atoms with Crippen LogP contribution in [0.1, 0.15) is 50.1 Å². The lowest BCUT2D eigenvalue weighted by atomic mass is 9.75. The number of ether oxygens (including phenoxy) is 1. The molecule has 2 N–H and O–H groups in total. The molecule has 5 rings (SSSR count). The molecule has 170 valence electrons. The first-order valence-corrected chi connectivity index (χ1v) is 11.4. The number of nitrogen functional groups attached to an aromatic ring is 1. The molecule has 0 radical (unpaired) electrons. The van der Waals surface area contributed by atoms with Crippen molar-refractivity contribution in [2.24, 2.45) is 5.92 Å². The normalized spacial score (nSPS) is 19.5. The van der Waals surface area contributed by atoms with E-state index in [0.717, 1.165) is 53.7 Å². The number of halogens is 1. The minimum atomic E-state index is -0.215. The van der Waals surface area contributed by atoms with Crippen molar-refractivity contribution in [3.8, 4) is 17.1 Å². The number of pyridine rings is 1. The number of fused-ring (bicyclic) bond motifs is 1. The Morgan fingerprint density at radius 1 is 1.03 bits per heavy atom. The second-order valence-corrected chi connectivity index (χ2v) is 8.89. The lowest BCUT2D eigenvalue weighted by molar-refractivity contribution is 0.249. The molecule has 7 heteroatoms. The number of benzene rings is 2. The average molecular weight is 446 g/mol. The van der Waals surface area contributed by atoms with Crippen LogP contribution in [0.15, 0.2) is 54.7 Å². The lowest BCUT2D eigenvalue weighted by Gasteiger charge is -2.34. The van der Waals surface area contributed by atoms with Gasteiger partial charge in [0.05, 0.1) is 12.6 Å². The second-order valence-electron chi connectivity index (χ2n) is 8.89. The highest BCUT2D eigenvalue weighted by Crippen LogP contribution is 2.43. The molecule has 4 aromatic rings. The Bertz CT molecular complexity index is 1260. The van der Waals surface area contributed by atoms with Crippen molar-refractivity contribution in [3.63, 3.8) is 0 Å². The highest BCUT2D eigenvalue weighted by molar-refractivity contribution is 5.82. The first kappa shape index (κ1) is 21.4. The first-order chi connectivity index (χ1) is 16.0. The van der Waals surface area contributed by atoms with E-state index in [9.17, 15) is 4.39 Å². The Balaban J connectivity index is 1.35. The minimum Gasteiger partial charge on any atom is -0.497 e. The van der Waals surface area contributed by atoms with Crippen molar-refractivity contribution in [2.75, 3.05) is 12.8 Å². The van der Waals surface area contributed by atoms with Gasteiger partial charge in [0.1, 0.15) is 11.6 Å². The van der Waals surface area contributed by atoms with Gasteiger partial charge in [0.2, 0.25) is 5.95 Å². The van der Waals surface area contributed by atoms with Crippen molar-refractivity contribution in [2.45, 2.75) is 44.6 Å². The SMILES string of the molecule is COc1ccc(-c2nnc(N)n2[C@H](C)C2CCC(c3ccnc4ccc(F)cc34)CC2)cc1. The summed E-state index contributed by atoms with van der Waals surface area (Å²) < 4.78 is 21.2. The Morgan fingerprint density at radius 3 is 2.52 bits per heavy atom. The summed E-state index contributed by atoms with van der Waals surface area (Å²) in [5.74, 6) is 2.66. The van der Waals surface area contributed by atoms with Crippen LogP contribution in [0.3, 0.4) is 0 Å². The van der Waals surface area contributed by atoms with E-state index in [0.29, 0.717) is 17.8 Å². The monoisotopic (exact) mass is 445 g/mol. The van der Waals surface area contributed by atoms with Gasteiger partial charge in [-0.3, -0.25) is 9.55 Å². The molecule has 0 bridgehead atoms. The van der Waals surface area contributed by atoms with Crippen LogP contribution in [-0.2, 0) is 0 Å². The lowest BCUT2D eigenvalue weighted by Crippen LogP contribution is -2.23. The molecule has 0 aliphatic heterocycles. The quantitative estimate of drug-likeness (QED) is 0.423. The van der Waals surface area contributed by atoms with Crippen molar-refractivity contribution < 1.29 is 9.13 Å². The van der Waals surface area contributed by atoms with Crippen LogP contribution in [-0.4, -0.2) is 26.9 Å². The van der Waals surface area contributed by atoms with Crippen LogP contribution in [0.5, 0.6) is 5.75 Å². The number of aromatic nitrogens is 4. The Morgan fingerprint density at radius 2 is 1.79 bits per heavy atom. The van der Waals surface area contributed by atoms with Crippen LogP contribution in [0, 0.1) is 11.7 Å². The van der Waals surface area contributed by atoms with Gasteiger partial charge in [-0.2, -0.15) is 0 Å².